The summed E-state index contributed by atoms with van der Waals surface area (Å²) in [6.07, 6.45) is 8.50. The quantitative estimate of drug-likeness (QED) is 0.159. The van der Waals surface area contributed by atoms with Crippen molar-refractivity contribution in [1.29, 1.82) is 0 Å². The average molecular weight is 441 g/mol. The van der Waals surface area contributed by atoms with Crippen molar-refractivity contribution in [2.45, 2.75) is 65.2 Å². The topological polar surface area (TPSA) is 62.7 Å². The molecule has 0 aromatic carbocycles. The lowest BCUT2D eigenvalue weighted by Crippen LogP contribution is -2.40. The first-order valence-electron chi connectivity index (χ1n) is 8.69. The molecular weight excluding hydrogens is 405 g/mol. The maximum absolute atomic E-state index is 11.0. The zero-order chi connectivity index (χ0) is 16.6. The molecule has 5 nitrogen and oxygen atoms in total. The number of methoxy groups -OCH3 is 1. The zero-order valence-electron chi connectivity index (χ0n) is 15.3. The summed E-state index contributed by atoms with van der Waals surface area (Å²) in [6.45, 7) is 6.35. The van der Waals surface area contributed by atoms with Crippen molar-refractivity contribution in [1.82, 2.24) is 10.6 Å². The molecule has 23 heavy (non-hydrogen) atoms. The second-order valence-electron chi connectivity index (χ2n) is 5.68. The van der Waals surface area contributed by atoms with Crippen molar-refractivity contribution < 1.29 is 9.53 Å². The van der Waals surface area contributed by atoms with Gasteiger partial charge in [0, 0.05) is 26.6 Å². The van der Waals surface area contributed by atoms with E-state index in [0.717, 1.165) is 44.2 Å². The average Bonchev–Trinajstić information content (AvgIpc) is 2.55. The summed E-state index contributed by atoms with van der Waals surface area (Å²) < 4.78 is 4.62. The van der Waals surface area contributed by atoms with Gasteiger partial charge < -0.3 is 15.4 Å². The summed E-state index contributed by atoms with van der Waals surface area (Å²) in [6, 6.07) is 0. The largest absolute Gasteiger partial charge is 0.469 e. The van der Waals surface area contributed by atoms with Crippen LogP contribution in [-0.2, 0) is 9.53 Å². The van der Waals surface area contributed by atoms with Crippen LogP contribution in [0.4, 0.5) is 0 Å². The van der Waals surface area contributed by atoms with Crippen LogP contribution in [0.15, 0.2) is 4.99 Å². The molecule has 0 aromatic rings. The number of rotatable bonds is 12. The molecule has 6 heteroatoms. The van der Waals surface area contributed by atoms with Gasteiger partial charge in [0.05, 0.1) is 7.11 Å². The summed E-state index contributed by atoms with van der Waals surface area (Å²) >= 11 is 0. The highest BCUT2D eigenvalue weighted by Crippen LogP contribution is 2.11. The molecule has 0 spiro atoms. The van der Waals surface area contributed by atoms with E-state index in [1.165, 1.54) is 32.8 Å². The predicted molar refractivity (Wildman–Crippen MR) is 109 cm³/mol. The Kier molecular flexibility index (Phi) is 19.1. The fourth-order valence-electron chi connectivity index (χ4n) is 2.28. The molecule has 0 aliphatic carbocycles. The van der Waals surface area contributed by atoms with Gasteiger partial charge in [0.25, 0.3) is 0 Å². The number of carbonyl (C=O) groups is 1. The third-order valence-electron chi connectivity index (χ3n) is 3.90. The number of nitrogens with zero attached hydrogens (tertiary/aromatic N) is 1. The van der Waals surface area contributed by atoms with Crippen LogP contribution in [0.3, 0.4) is 0 Å². The monoisotopic (exact) mass is 441 g/mol. The smallest absolute Gasteiger partial charge is 0.305 e. The third-order valence-corrected chi connectivity index (χ3v) is 3.90. The molecule has 1 atom stereocenters. The molecule has 0 aromatic heterocycles. The van der Waals surface area contributed by atoms with Crippen LogP contribution in [-0.4, -0.2) is 39.2 Å². The number of halogens is 1. The molecule has 0 radical (unpaired) electrons. The maximum atomic E-state index is 11.0. The Balaban J connectivity index is 0. The van der Waals surface area contributed by atoms with E-state index in [0.29, 0.717) is 6.42 Å². The molecule has 0 saturated heterocycles. The minimum absolute atomic E-state index is 0. The van der Waals surface area contributed by atoms with Crippen molar-refractivity contribution in [3.05, 3.63) is 0 Å². The van der Waals surface area contributed by atoms with Gasteiger partial charge >= 0.3 is 5.97 Å². The maximum Gasteiger partial charge on any atom is 0.305 e. The van der Waals surface area contributed by atoms with E-state index in [1.807, 2.05) is 0 Å². The summed E-state index contributed by atoms with van der Waals surface area (Å²) in [5.74, 6) is 1.48. The Morgan fingerprint density at radius 1 is 1.13 bits per heavy atom. The highest BCUT2D eigenvalue weighted by molar-refractivity contribution is 14.0. The summed E-state index contributed by atoms with van der Waals surface area (Å²) in [5.41, 5.74) is 0. The molecule has 0 bridgehead atoms. The Morgan fingerprint density at radius 2 is 1.87 bits per heavy atom. The number of hydrogen-bond acceptors (Lipinski definition) is 3. The first kappa shape index (κ1) is 24.7. The normalized spacial score (nSPS) is 12.3. The fraction of sp³-hybridized carbons (Fsp3) is 0.882. The van der Waals surface area contributed by atoms with Crippen LogP contribution >= 0.6 is 24.0 Å². The molecule has 2 N–H and O–H groups in total. The van der Waals surface area contributed by atoms with Crippen LogP contribution in [0, 0.1) is 5.92 Å². The van der Waals surface area contributed by atoms with Crippen LogP contribution in [0.1, 0.15) is 65.2 Å². The minimum Gasteiger partial charge on any atom is -0.469 e. The van der Waals surface area contributed by atoms with Crippen LogP contribution in [0.2, 0.25) is 0 Å². The number of aliphatic imine (C=N–C) groups is 1. The molecule has 0 heterocycles. The number of carbonyl (C=O) groups excluding carboxylic acids is 1. The van der Waals surface area contributed by atoms with E-state index >= 15 is 0 Å². The van der Waals surface area contributed by atoms with Gasteiger partial charge in [0.1, 0.15) is 0 Å². The van der Waals surface area contributed by atoms with E-state index in [1.54, 1.807) is 7.05 Å². The van der Waals surface area contributed by atoms with Gasteiger partial charge in [-0.15, -0.1) is 24.0 Å². The fourth-order valence-corrected chi connectivity index (χ4v) is 2.28. The van der Waals surface area contributed by atoms with E-state index < -0.39 is 0 Å². The molecule has 0 amide bonds. The van der Waals surface area contributed by atoms with Crippen LogP contribution in [0.5, 0.6) is 0 Å². The lowest BCUT2D eigenvalue weighted by Gasteiger charge is -2.18. The molecule has 1 unspecified atom stereocenters. The summed E-state index contributed by atoms with van der Waals surface area (Å²) in [4.78, 5) is 15.2. The van der Waals surface area contributed by atoms with Gasteiger partial charge in [-0.05, 0) is 25.2 Å². The zero-order valence-corrected chi connectivity index (χ0v) is 17.7. The second kappa shape index (κ2) is 17.8. The first-order valence-corrected chi connectivity index (χ1v) is 8.69. The minimum atomic E-state index is -0.122. The van der Waals surface area contributed by atoms with Gasteiger partial charge in [0.2, 0.25) is 0 Å². The van der Waals surface area contributed by atoms with E-state index in [-0.39, 0.29) is 29.9 Å². The number of unbranched alkanes of at least 4 members (excludes halogenated alkanes) is 3. The molecule has 0 rings (SSSR count). The Hall–Kier alpha value is -0.530. The van der Waals surface area contributed by atoms with Crippen molar-refractivity contribution in [2.75, 3.05) is 27.2 Å². The van der Waals surface area contributed by atoms with Gasteiger partial charge in [-0.2, -0.15) is 0 Å². The molecule has 0 fully saturated rings. The molecular formula is C17H36IN3O2. The summed E-state index contributed by atoms with van der Waals surface area (Å²) in [5, 5.41) is 6.74. The van der Waals surface area contributed by atoms with Crippen molar-refractivity contribution >= 4 is 35.9 Å². The lowest BCUT2D eigenvalue weighted by molar-refractivity contribution is -0.140. The Morgan fingerprint density at radius 3 is 2.43 bits per heavy atom. The van der Waals surface area contributed by atoms with Gasteiger partial charge in [-0.3, -0.25) is 9.79 Å². The number of hydrogen-bond donors (Lipinski definition) is 2. The summed E-state index contributed by atoms with van der Waals surface area (Å²) in [7, 11) is 3.24. The molecule has 138 valence electrons. The van der Waals surface area contributed by atoms with Crippen molar-refractivity contribution in [3.8, 4) is 0 Å². The SMILES string of the molecule is CCCCC(CC)CNC(=NC)NCCCCCC(=O)OC.I. The number of esters is 1. The molecule has 0 aliphatic heterocycles. The van der Waals surface area contributed by atoms with E-state index in [2.05, 4.69) is 34.2 Å². The number of guanidine groups is 1. The van der Waals surface area contributed by atoms with Gasteiger partial charge in [-0.1, -0.05) is 39.5 Å². The van der Waals surface area contributed by atoms with Crippen molar-refractivity contribution in [2.24, 2.45) is 10.9 Å². The second-order valence-corrected chi connectivity index (χ2v) is 5.68. The Bertz CT molecular complexity index is 312. The Labute approximate surface area is 159 Å². The van der Waals surface area contributed by atoms with Crippen LogP contribution < -0.4 is 10.6 Å². The molecule has 0 aliphatic rings. The van der Waals surface area contributed by atoms with E-state index in [9.17, 15) is 4.79 Å². The highest BCUT2D eigenvalue weighted by Gasteiger charge is 2.06. The number of ether oxygens (including phenoxy) is 1. The third kappa shape index (κ3) is 14.8. The van der Waals surface area contributed by atoms with E-state index in [4.69, 9.17) is 0 Å². The predicted octanol–water partition coefficient (Wildman–Crippen LogP) is 3.72. The standard InChI is InChI=1S/C17H35N3O2.HI/c1-5-7-11-15(6-2)14-20-17(18-3)19-13-10-8-9-12-16(21)22-4;/h15H,5-14H2,1-4H3,(H2,18,19,20);1H. The van der Waals surface area contributed by atoms with Crippen molar-refractivity contribution in [3.63, 3.8) is 0 Å². The van der Waals surface area contributed by atoms with Crippen LogP contribution in [0.25, 0.3) is 0 Å². The highest BCUT2D eigenvalue weighted by atomic mass is 127. The van der Waals surface area contributed by atoms with Gasteiger partial charge in [0.15, 0.2) is 5.96 Å². The first-order chi connectivity index (χ1) is 10.7. The molecule has 0 saturated carbocycles. The van der Waals surface area contributed by atoms with Gasteiger partial charge in [-0.25, -0.2) is 0 Å². The number of nitrogens with one attached hydrogen (secondary N) is 2. The lowest BCUT2D eigenvalue weighted by atomic mass is 9.99.